The van der Waals surface area contributed by atoms with Gasteiger partial charge in [-0.3, -0.25) is 4.79 Å². The summed E-state index contributed by atoms with van der Waals surface area (Å²) in [4.78, 5) is 11.7. The third kappa shape index (κ3) is 5.47. The van der Waals surface area contributed by atoms with E-state index in [9.17, 15) is 9.18 Å². The molecule has 0 aliphatic carbocycles. The van der Waals surface area contributed by atoms with Crippen molar-refractivity contribution in [2.45, 2.75) is 13.0 Å². The van der Waals surface area contributed by atoms with Crippen LogP contribution >= 0.6 is 11.6 Å². The van der Waals surface area contributed by atoms with E-state index in [0.29, 0.717) is 24.5 Å². The van der Waals surface area contributed by atoms with Crippen LogP contribution in [0.15, 0.2) is 48.5 Å². The topological polar surface area (TPSA) is 41.1 Å². The molecule has 116 valence electrons. The monoisotopic (exact) mass is 320 g/mol. The van der Waals surface area contributed by atoms with Crippen molar-refractivity contribution in [3.8, 4) is 0 Å². The second-order valence-corrected chi connectivity index (χ2v) is 5.33. The molecule has 2 N–H and O–H groups in total. The molecule has 2 rings (SSSR count). The van der Waals surface area contributed by atoms with Crippen LogP contribution in [0.2, 0.25) is 5.02 Å². The number of carbonyl (C=O) groups is 1. The largest absolute Gasteiger partial charge is 0.355 e. The zero-order valence-electron chi connectivity index (χ0n) is 12.1. The smallest absolute Gasteiger partial charge is 0.233 e. The van der Waals surface area contributed by atoms with Gasteiger partial charge in [0.2, 0.25) is 5.91 Å². The summed E-state index contributed by atoms with van der Waals surface area (Å²) in [5, 5.41) is 6.56. The fourth-order valence-electron chi connectivity index (χ4n) is 2.01. The van der Waals surface area contributed by atoms with E-state index >= 15 is 0 Å². The average Bonchev–Trinajstić information content (AvgIpc) is 2.51. The molecule has 0 saturated carbocycles. The molecule has 0 unspecified atom stereocenters. The third-order valence-corrected chi connectivity index (χ3v) is 3.58. The molecule has 22 heavy (non-hydrogen) atoms. The Hall–Kier alpha value is -1.91. The molecule has 0 bridgehead atoms. The van der Waals surface area contributed by atoms with Crippen molar-refractivity contribution in [2.24, 2.45) is 0 Å². The van der Waals surface area contributed by atoms with Crippen LogP contribution in [-0.4, -0.2) is 19.0 Å². The van der Waals surface area contributed by atoms with E-state index in [4.69, 9.17) is 11.6 Å². The number of hydrogen-bond donors (Lipinski definition) is 2. The molecule has 0 heterocycles. The highest BCUT2D eigenvalue weighted by atomic mass is 35.5. The fraction of sp³-hybridized carbons (Fsp3) is 0.235. The Labute approximate surface area is 134 Å². The van der Waals surface area contributed by atoms with Gasteiger partial charge in [0, 0.05) is 18.1 Å². The van der Waals surface area contributed by atoms with Crippen molar-refractivity contribution in [1.82, 2.24) is 10.6 Å². The molecule has 2 aromatic carbocycles. The van der Waals surface area contributed by atoms with Gasteiger partial charge in [-0.15, -0.1) is 0 Å². The lowest BCUT2D eigenvalue weighted by molar-refractivity contribution is -0.120. The maximum absolute atomic E-state index is 12.8. The SMILES string of the molecule is O=C(CNCc1ccccc1Cl)NCCc1ccc(F)cc1. The molecule has 0 fully saturated rings. The van der Waals surface area contributed by atoms with Crippen LogP contribution in [0.3, 0.4) is 0 Å². The minimum absolute atomic E-state index is 0.0748. The summed E-state index contributed by atoms with van der Waals surface area (Å²) in [6.07, 6.45) is 0.677. The van der Waals surface area contributed by atoms with E-state index in [1.54, 1.807) is 12.1 Å². The number of carbonyl (C=O) groups excluding carboxylic acids is 1. The van der Waals surface area contributed by atoms with Crippen LogP contribution in [0.25, 0.3) is 0 Å². The van der Waals surface area contributed by atoms with Crippen molar-refractivity contribution < 1.29 is 9.18 Å². The van der Waals surface area contributed by atoms with Crippen molar-refractivity contribution in [3.63, 3.8) is 0 Å². The zero-order valence-corrected chi connectivity index (χ0v) is 12.9. The van der Waals surface area contributed by atoms with E-state index < -0.39 is 0 Å². The van der Waals surface area contributed by atoms with Gasteiger partial charge in [-0.25, -0.2) is 4.39 Å². The molecule has 2 aromatic rings. The van der Waals surface area contributed by atoms with E-state index in [1.807, 2.05) is 24.3 Å². The summed E-state index contributed by atoms with van der Waals surface area (Å²) < 4.78 is 12.8. The molecule has 0 aromatic heterocycles. The summed E-state index contributed by atoms with van der Waals surface area (Å²) in [5.74, 6) is -0.328. The second-order valence-electron chi connectivity index (χ2n) is 4.92. The van der Waals surface area contributed by atoms with Crippen molar-refractivity contribution in [2.75, 3.05) is 13.1 Å². The number of halogens is 2. The van der Waals surface area contributed by atoms with Crippen molar-refractivity contribution in [3.05, 3.63) is 70.5 Å². The standard InChI is InChI=1S/C17H18ClFN2O/c18-16-4-2-1-3-14(16)11-20-12-17(22)21-10-9-13-5-7-15(19)8-6-13/h1-8,20H,9-12H2,(H,21,22). The Morgan fingerprint density at radius 2 is 1.82 bits per heavy atom. The second kappa shape index (κ2) is 8.51. The van der Waals surface area contributed by atoms with E-state index in [0.717, 1.165) is 11.1 Å². The van der Waals surface area contributed by atoms with Crippen LogP contribution in [0.1, 0.15) is 11.1 Å². The first-order valence-electron chi connectivity index (χ1n) is 7.10. The van der Waals surface area contributed by atoms with Gasteiger partial charge in [-0.2, -0.15) is 0 Å². The van der Waals surface area contributed by atoms with Gasteiger partial charge in [0.05, 0.1) is 6.54 Å². The molecule has 3 nitrogen and oxygen atoms in total. The van der Waals surface area contributed by atoms with E-state index in [1.165, 1.54) is 12.1 Å². The van der Waals surface area contributed by atoms with Gasteiger partial charge in [0.15, 0.2) is 0 Å². The summed E-state index contributed by atoms with van der Waals surface area (Å²) in [6.45, 7) is 1.30. The fourth-order valence-corrected chi connectivity index (χ4v) is 2.21. The maximum atomic E-state index is 12.8. The van der Waals surface area contributed by atoms with Crippen LogP contribution in [0.5, 0.6) is 0 Å². The summed E-state index contributed by atoms with van der Waals surface area (Å²) in [7, 11) is 0. The number of rotatable bonds is 7. The quantitative estimate of drug-likeness (QED) is 0.823. The normalized spacial score (nSPS) is 10.5. The Morgan fingerprint density at radius 3 is 2.55 bits per heavy atom. The third-order valence-electron chi connectivity index (χ3n) is 3.21. The van der Waals surface area contributed by atoms with Crippen LogP contribution in [0.4, 0.5) is 4.39 Å². The molecule has 0 saturated heterocycles. The molecule has 1 amide bonds. The maximum Gasteiger partial charge on any atom is 0.233 e. The molecule has 0 aliphatic rings. The van der Waals surface area contributed by atoms with Gasteiger partial charge >= 0.3 is 0 Å². The number of benzene rings is 2. The Bertz CT molecular complexity index is 616. The molecule has 0 atom stereocenters. The van der Waals surface area contributed by atoms with Crippen molar-refractivity contribution in [1.29, 1.82) is 0 Å². The highest BCUT2D eigenvalue weighted by Crippen LogP contribution is 2.13. The molecular weight excluding hydrogens is 303 g/mol. The van der Waals surface area contributed by atoms with Crippen LogP contribution in [0, 0.1) is 5.82 Å². The Balaban J connectivity index is 1.64. The Morgan fingerprint density at radius 1 is 1.09 bits per heavy atom. The van der Waals surface area contributed by atoms with Gasteiger partial charge in [-0.05, 0) is 35.7 Å². The lowest BCUT2D eigenvalue weighted by Gasteiger charge is -2.08. The van der Waals surface area contributed by atoms with Crippen molar-refractivity contribution >= 4 is 17.5 Å². The lowest BCUT2D eigenvalue weighted by atomic mass is 10.1. The predicted molar refractivity (Wildman–Crippen MR) is 86.3 cm³/mol. The number of nitrogens with one attached hydrogen (secondary N) is 2. The first-order valence-corrected chi connectivity index (χ1v) is 7.48. The lowest BCUT2D eigenvalue weighted by Crippen LogP contribution is -2.34. The molecule has 5 heteroatoms. The van der Waals surface area contributed by atoms with Crippen LogP contribution in [-0.2, 0) is 17.8 Å². The van der Waals surface area contributed by atoms with Gasteiger partial charge in [0.25, 0.3) is 0 Å². The molecule has 0 spiro atoms. The van der Waals surface area contributed by atoms with E-state index in [2.05, 4.69) is 10.6 Å². The number of amides is 1. The highest BCUT2D eigenvalue weighted by molar-refractivity contribution is 6.31. The minimum atomic E-state index is -0.253. The minimum Gasteiger partial charge on any atom is -0.355 e. The first kappa shape index (κ1) is 16.5. The van der Waals surface area contributed by atoms with E-state index in [-0.39, 0.29) is 18.3 Å². The average molecular weight is 321 g/mol. The van der Waals surface area contributed by atoms with Crippen LogP contribution < -0.4 is 10.6 Å². The van der Waals surface area contributed by atoms with Gasteiger partial charge in [-0.1, -0.05) is 41.9 Å². The molecule has 0 aliphatic heterocycles. The Kier molecular flexibility index (Phi) is 6.37. The zero-order chi connectivity index (χ0) is 15.8. The predicted octanol–water partition coefficient (Wildman–Crippen LogP) is 2.93. The highest BCUT2D eigenvalue weighted by Gasteiger charge is 2.02. The molecular formula is C17H18ClFN2O. The van der Waals surface area contributed by atoms with Gasteiger partial charge < -0.3 is 10.6 Å². The molecule has 0 radical (unpaired) electrons. The summed E-state index contributed by atoms with van der Waals surface area (Å²) >= 11 is 6.03. The number of hydrogen-bond acceptors (Lipinski definition) is 2. The summed E-state index contributed by atoms with van der Waals surface area (Å²) in [5.41, 5.74) is 1.95. The first-order chi connectivity index (χ1) is 10.6. The summed E-state index contributed by atoms with van der Waals surface area (Å²) in [6, 6.07) is 13.8. The van der Waals surface area contributed by atoms with Gasteiger partial charge in [0.1, 0.15) is 5.82 Å².